The van der Waals surface area contributed by atoms with E-state index in [0.717, 1.165) is 12.2 Å². The van der Waals surface area contributed by atoms with Crippen LogP contribution in [0.5, 0.6) is 0 Å². The van der Waals surface area contributed by atoms with Crippen molar-refractivity contribution in [2.75, 3.05) is 12.4 Å². The lowest BCUT2D eigenvalue weighted by molar-refractivity contribution is 0.0599. The van der Waals surface area contributed by atoms with E-state index in [1.807, 2.05) is 13.0 Å². The normalized spacial score (nSPS) is 12.0. The Morgan fingerprint density at radius 3 is 2.70 bits per heavy atom. The van der Waals surface area contributed by atoms with Crippen molar-refractivity contribution in [3.05, 3.63) is 23.4 Å². The zero-order valence-corrected chi connectivity index (χ0v) is 13.0. The average molecular weight is 278 g/mol. The van der Waals surface area contributed by atoms with Crippen LogP contribution in [0.25, 0.3) is 0 Å². The number of aryl methyl sites for hydroxylation is 1. The number of carbonyl (C=O) groups is 1. The summed E-state index contributed by atoms with van der Waals surface area (Å²) in [5, 5.41) is 3.38. The van der Waals surface area contributed by atoms with Crippen LogP contribution in [-0.2, 0) is 4.74 Å². The molecule has 0 fully saturated rings. The Kier molecular flexibility index (Phi) is 7.05. The lowest BCUT2D eigenvalue weighted by Gasteiger charge is -2.15. The minimum atomic E-state index is -0.339. The second-order valence-corrected chi connectivity index (χ2v) is 5.22. The molecule has 1 aromatic heterocycles. The number of anilines is 1. The van der Waals surface area contributed by atoms with E-state index in [1.54, 1.807) is 6.07 Å². The zero-order chi connectivity index (χ0) is 15.0. The highest BCUT2D eigenvalue weighted by atomic mass is 16.5. The number of hydrogen-bond acceptors (Lipinski definition) is 4. The highest BCUT2D eigenvalue weighted by Crippen LogP contribution is 2.14. The molecule has 1 aromatic rings. The smallest absolute Gasteiger partial charge is 0.339 e. The number of ether oxygens (including phenoxy) is 1. The van der Waals surface area contributed by atoms with Gasteiger partial charge in [0.15, 0.2) is 0 Å². The molecule has 1 atom stereocenters. The second-order valence-electron chi connectivity index (χ2n) is 5.22. The van der Waals surface area contributed by atoms with E-state index in [4.69, 9.17) is 4.74 Å². The maximum absolute atomic E-state index is 11.5. The highest BCUT2D eigenvalue weighted by molar-refractivity contribution is 5.90. The van der Waals surface area contributed by atoms with Gasteiger partial charge in [0.25, 0.3) is 0 Å². The van der Waals surface area contributed by atoms with Gasteiger partial charge >= 0.3 is 5.97 Å². The van der Waals surface area contributed by atoms with Gasteiger partial charge in [-0.25, -0.2) is 9.78 Å². The predicted octanol–water partition coefficient (Wildman–Crippen LogP) is 3.95. The van der Waals surface area contributed by atoms with E-state index in [1.165, 1.54) is 32.8 Å². The Morgan fingerprint density at radius 1 is 1.35 bits per heavy atom. The first-order chi connectivity index (χ1) is 9.58. The van der Waals surface area contributed by atoms with E-state index in [9.17, 15) is 4.79 Å². The van der Waals surface area contributed by atoms with E-state index >= 15 is 0 Å². The summed E-state index contributed by atoms with van der Waals surface area (Å²) >= 11 is 0. The summed E-state index contributed by atoms with van der Waals surface area (Å²) in [6, 6.07) is 3.99. The van der Waals surface area contributed by atoms with Crippen molar-refractivity contribution in [2.24, 2.45) is 0 Å². The number of unbranched alkanes of at least 4 members (excludes halogenated alkanes) is 3. The van der Waals surface area contributed by atoms with Crippen molar-refractivity contribution in [2.45, 2.75) is 58.9 Å². The molecule has 1 N–H and O–H groups in total. The number of nitrogens with one attached hydrogen (secondary N) is 1. The molecule has 1 rings (SSSR count). The third-order valence-electron chi connectivity index (χ3n) is 3.38. The maximum atomic E-state index is 11.5. The van der Waals surface area contributed by atoms with Crippen LogP contribution >= 0.6 is 0 Å². The van der Waals surface area contributed by atoms with Gasteiger partial charge in [-0.3, -0.25) is 0 Å². The molecule has 0 spiro atoms. The van der Waals surface area contributed by atoms with E-state index < -0.39 is 0 Å². The number of carbonyl (C=O) groups excluding carboxylic acids is 1. The second kappa shape index (κ2) is 8.56. The fraction of sp³-hybridized carbons (Fsp3) is 0.625. The van der Waals surface area contributed by atoms with Crippen molar-refractivity contribution in [1.82, 2.24) is 4.98 Å². The Balaban J connectivity index is 2.52. The number of nitrogens with zero attached hydrogens (tertiary/aromatic N) is 1. The van der Waals surface area contributed by atoms with Crippen LogP contribution in [0.2, 0.25) is 0 Å². The largest absolute Gasteiger partial charge is 0.465 e. The Labute approximate surface area is 121 Å². The van der Waals surface area contributed by atoms with Gasteiger partial charge in [0, 0.05) is 6.04 Å². The van der Waals surface area contributed by atoms with E-state index in [2.05, 4.69) is 24.1 Å². The van der Waals surface area contributed by atoms with Crippen LogP contribution in [0, 0.1) is 6.92 Å². The fourth-order valence-electron chi connectivity index (χ4n) is 2.17. The van der Waals surface area contributed by atoms with Crippen molar-refractivity contribution in [1.29, 1.82) is 0 Å². The predicted molar refractivity (Wildman–Crippen MR) is 82.2 cm³/mol. The van der Waals surface area contributed by atoms with Gasteiger partial charge in [0.05, 0.1) is 18.4 Å². The van der Waals surface area contributed by atoms with Gasteiger partial charge < -0.3 is 10.1 Å². The molecule has 0 aliphatic rings. The lowest BCUT2D eigenvalue weighted by atomic mass is 10.1. The van der Waals surface area contributed by atoms with Crippen molar-refractivity contribution >= 4 is 11.8 Å². The third-order valence-corrected chi connectivity index (χ3v) is 3.38. The van der Waals surface area contributed by atoms with Crippen LogP contribution in [0.1, 0.15) is 62.0 Å². The van der Waals surface area contributed by atoms with Gasteiger partial charge in [-0.2, -0.15) is 0 Å². The van der Waals surface area contributed by atoms with Crippen LogP contribution < -0.4 is 5.32 Å². The van der Waals surface area contributed by atoms with Crippen molar-refractivity contribution in [3.63, 3.8) is 0 Å². The van der Waals surface area contributed by atoms with Crippen molar-refractivity contribution < 1.29 is 9.53 Å². The van der Waals surface area contributed by atoms with Crippen molar-refractivity contribution in [3.8, 4) is 0 Å². The summed E-state index contributed by atoms with van der Waals surface area (Å²) in [6.07, 6.45) is 6.23. The monoisotopic (exact) mass is 278 g/mol. The molecule has 1 unspecified atom stereocenters. The topological polar surface area (TPSA) is 51.2 Å². The first kappa shape index (κ1) is 16.5. The highest BCUT2D eigenvalue weighted by Gasteiger charge is 2.11. The van der Waals surface area contributed by atoms with Crippen LogP contribution in [0.3, 0.4) is 0 Å². The van der Waals surface area contributed by atoms with E-state index in [-0.39, 0.29) is 5.97 Å². The van der Waals surface area contributed by atoms with Crippen LogP contribution in [0.4, 0.5) is 5.82 Å². The molecule has 0 aliphatic carbocycles. The molecule has 1 heterocycles. The Hall–Kier alpha value is -1.58. The average Bonchev–Trinajstić information content (AvgIpc) is 2.43. The van der Waals surface area contributed by atoms with Crippen LogP contribution in [-0.4, -0.2) is 24.1 Å². The molecule has 0 amide bonds. The minimum Gasteiger partial charge on any atom is -0.465 e. The number of pyridine rings is 1. The molecule has 0 bridgehead atoms. The molecule has 0 saturated carbocycles. The number of methoxy groups -OCH3 is 1. The molecular weight excluding hydrogens is 252 g/mol. The lowest BCUT2D eigenvalue weighted by Crippen LogP contribution is -2.16. The number of esters is 1. The first-order valence-corrected chi connectivity index (χ1v) is 7.41. The minimum absolute atomic E-state index is 0.339. The van der Waals surface area contributed by atoms with Crippen LogP contribution in [0.15, 0.2) is 12.1 Å². The summed E-state index contributed by atoms with van der Waals surface area (Å²) in [6.45, 7) is 6.21. The quantitative estimate of drug-likeness (QED) is 0.578. The summed E-state index contributed by atoms with van der Waals surface area (Å²) in [5.41, 5.74) is 1.22. The van der Waals surface area contributed by atoms with Gasteiger partial charge in [-0.15, -0.1) is 0 Å². The summed E-state index contributed by atoms with van der Waals surface area (Å²) in [4.78, 5) is 15.9. The fourth-order valence-corrected chi connectivity index (χ4v) is 2.17. The molecular formula is C16H26N2O2. The first-order valence-electron chi connectivity index (χ1n) is 7.41. The number of rotatable bonds is 8. The molecule has 0 radical (unpaired) electrons. The SMILES string of the molecule is CCCCCCC(C)Nc1ccc(C(=O)OC)c(C)n1. The molecule has 112 valence electrons. The molecule has 0 saturated heterocycles. The summed E-state index contributed by atoms with van der Waals surface area (Å²) < 4.78 is 4.71. The molecule has 20 heavy (non-hydrogen) atoms. The zero-order valence-electron chi connectivity index (χ0n) is 13.0. The molecule has 0 aliphatic heterocycles. The summed E-state index contributed by atoms with van der Waals surface area (Å²) in [7, 11) is 1.38. The maximum Gasteiger partial charge on any atom is 0.339 e. The van der Waals surface area contributed by atoms with Gasteiger partial charge in [-0.1, -0.05) is 32.6 Å². The number of aromatic nitrogens is 1. The van der Waals surface area contributed by atoms with E-state index in [0.29, 0.717) is 17.3 Å². The Morgan fingerprint density at radius 2 is 2.10 bits per heavy atom. The molecule has 4 nitrogen and oxygen atoms in total. The molecule has 0 aromatic carbocycles. The summed E-state index contributed by atoms with van der Waals surface area (Å²) in [5.74, 6) is 0.479. The number of hydrogen-bond donors (Lipinski definition) is 1. The van der Waals surface area contributed by atoms with Gasteiger partial charge in [0.2, 0.25) is 0 Å². The van der Waals surface area contributed by atoms with Gasteiger partial charge in [-0.05, 0) is 32.4 Å². The third kappa shape index (κ3) is 5.19. The molecule has 4 heteroatoms. The Bertz CT molecular complexity index is 432. The van der Waals surface area contributed by atoms with Gasteiger partial charge in [0.1, 0.15) is 5.82 Å². The standard InChI is InChI=1S/C16H26N2O2/c1-5-6-7-8-9-12(2)17-15-11-10-14(13(3)18-15)16(19)20-4/h10-12H,5-9H2,1-4H3,(H,17,18).